The van der Waals surface area contributed by atoms with Crippen molar-refractivity contribution >= 4 is 34.3 Å². The summed E-state index contributed by atoms with van der Waals surface area (Å²) in [6, 6.07) is 8.16. The number of hydrogen-bond donors (Lipinski definition) is 1. The Morgan fingerprint density at radius 3 is 2.85 bits per heavy atom. The third kappa shape index (κ3) is 4.60. The summed E-state index contributed by atoms with van der Waals surface area (Å²) in [4.78, 5) is 24.9. The highest BCUT2D eigenvalue weighted by Gasteiger charge is 2.21. The normalized spacial score (nSPS) is 13.0. The largest absolute Gasteiger partial charge is 0.452 e. The van der Waals surface area contributed by atoms with Crippen LogP contribution in [-0.2, 0) is 27.2 Å². The number of anilines is 1. The lowest BCUT2D eigenvalue weighted by atomic mass is 9.96. The molecule has 0 atom stereocenters. The van der Waals surface area contributed by atoms with E-state index in [0.29, 0.717) is 10.6 Å². The Labute approximate surface area is 160 Å². The van der Waals surface area contributed by atoms with E-state index in [9.17, 15) is 19.2 Å². The molecule has 3 rings (SSSR count). The molecule has 27 heavy (non-hydrogen) atoms. The first kappa shape index (κ1) is 18.8. The van der Waals surface area contributed by atoms with E-state index < -0.39 is 24.3 Å². The monoisotopic (exact) mass is 384 g/mol. The summed E-state index contributed by atoms with van der Waals surface area (Å²) in [6.45, 7) is -0.478. The molecule has 0 saturated heterocycles. The minimum Gasteiger partial charge on any atom is -0.452 e. The lowest BCUT2D eigenvalue weighted by Crippen LogP contribution is -2.20. The molecule has 138 valence electrons. The van der Waals surface area contributed by atoms with Crippen LogP contribution in [-0.4, -0.2) is 18.5 Å². The van der Waals surface area contributed by atoms with Gasteiger partial charge >= 0.3 is 5.97 Å². The molecule has 1 amide bonds. The van der Waals surface area contributed by atoms with Crippen LogP contribution in [0.15, 0.2) is 30.3 Å². The molecule has 1 N–H and O–H groups in total. The number of thiophene rings is 1. The van der Waals surface area contributed by atoms with Crippen LogP contribution in [0, 0.1) is 17.1 Å². The Morgan fingerprint density at radius 1 is 1.30 bits per heavy atom. The summed E-state index contributed by atoms with van der Waals surface area (Å²) >= 11 is 1.41. The topological polar surface area (TPSA) is 79.2 Å². The zero-order valence-electron chi connectivity index (χ0n) is 14.5. The number of carbonyl (C=O) groups excluding carboxylic acids is 2. The van der Waals surface area contributed by atoms with Gasteiger partial charge in [0.2, 0.25) is 0 Å². The van der Waals surface area contributed by atoms with Crippen molar-refractivity contribution in [3.05, 3.63) is 57.7 Å². The molecule has 7 heteroatoms. The van der Waals surface area contributed by atoms with Crippen LogP contribution in [0.4, 0.5) is 9.39 Å². The number of amides is 1. The van der Waals surface area contributed by atoms with E-state index in [4.69, 9.17) is 4.74 Å². The number of nitrogens with one attached hydrogen (secondary N) is 1. The van der Waals surface area contributed by atoms with Gasteiger partial charge < -0.3 is 10.1 Å². The lowest BCUT2D eigenvalue weighted by molar-refractivity contribution is -0.142. The van der Waals surface area contributed by atoms with E-state index in [1.54, 1.807) is 12.1 Å². The number of aryl methyl sites for hydroxylation is 1. The summed E-state index contributed by atoms with van der Waals surface area (Å²) in [6.07, 6.45) is 6.24. The smallest absolute Gasteiger partial charge is 0.331 e. The number of halogens is 1. The third-order valence-electron chi connectivity index (χ3n) is 4.19. The molecular weight excluding hydrogens is 367 g/mol. The molecule has 0 radical (unpaired) electrons. The number of ether oxygens (including phenoxy) is 1. The highest BCUT2D eigenvalue weighted by molar-refractivity contribution is 7.16. The maximum absolute atomic E-state index is 13.5. The Hall–Kier alpha value is -2.98. The predicted octanol–water partition coefficient (Wildman–Crippen LogP) is 3.83. The zero-order valence-corrected chi connectivity index (χ0v) is 15.3. The molecular formula is C20H17FN2O3S. The fourth-order valence-electron chi connectivity index (χ4n) is 2.89. The van der Waals surface area contributed by atoms with Gasteiger partial charge in [-0.3, -0.25) is 4.79 Å². The second-order valence-electron chi connectivity index (χ2n) is 6.04. The van der Waals surface area contributed by atoms with E-state index in [1.165, 1.54) is 29.5 Å². The minimum absolute atomic E-state index is 0.252. The van der Waals surface area contributed by atoms with Crippen molar-refractivity contribution in [3.8, 4) is 6.07 Å². The van der Waals surface area contributed by atoms with Gasteiger partial charge in [-0.05, 0) is 43.4 Å². The minimum atomic E-state index is -0.751. The number of esters is 1. The number of rotatable bonds is 5. The van der Waals surface area contributed by atoms with Gasteiger partial charge in [-0.1, -0.05) is 18.2 Å². The molecule has 1 aromatic heterocycles. The van der Waals surface area contributed by atoms with Gasteiger partial charge in [0.1, 0.15) is 16.9 Å². The highest BCUT2D eigenvalue weighted by atomic mass is 32.1. The van der Waals surface area contributed by atoms with Crippen molar-refractivity contribution in [1.82, 2.24) is 0 Å². The molecule has 0 fully saturated rings. The standard InChI is InChI=1S/C20H17FN2O3S/c21-16-7-3-1-5-13(16)9-10-19(25)26-12-18(24)23-20-15(11-22)14-6-2-4-8-17(14)27-20/h1,3,5,7,9-10H,2,4,6,8,12H2,(H,23,24)/b10-9+. The molecule has 1 aliphatic rings. The van der Waals surface area contributed by atoms with Crippen molar-refractivity contribution in [2.24, 2.45) is 0 Å². The average molecular weight is 384 g/mol. The first-order valence-corrected chi connectivity index (χ1v) is 9.34. The van der Waals surface area contributed by atoms with Crippen molar-refractivity contribution < 1.29 is 18.7 Å². The number of fused-ring (bicyclic) bond motifs is 1. The van der Waals surface area contributed by atoms with Gasteiger partial charge in [-0.2, -0.15) is 5.26 Å². The molecule has 0 spiro atoms. The molecule has 1 heterocycles. The summed E-state index contributed by atoms with van der Waals surface area (Å²) in [5, 5.41) is 12.5. The van der Waals surface area contributed by atoms with E-state index >= 15 is 0 Å². The van der Waals surface area contributed by atoms with E-state index in [2.05, 4.69) is 11.4 Å². The van der Waals surface area contributed by atoms with Crippen LogP contribution in [0.1, 0.15) is 34.4 Å². The van der Waals surface area contributed by atoms with Crippen molar-refractivity contribution in [1.29, 1.82) is 5.26 Å². The molecule has 0 aliphatic heterocycles. The third-order valence-corrected chi connectivity index (χ3v) is 5.39. The molecule has 5 nitrogen and oxygen atoms in total. The summed E-state index contributed by atoms with van der Waals surface area (Å²) in [7, 11) is 0. The SMILES string of the molecule is N#Cc1c(NC(=O)COC(=O)/C=C/c2ccccc2F)sc2c1CCCC2. The second-order valence-corrected chi connectivity index (χ2v) is 7.14. The van der Waals surface area contributed by atoms with Gasteiger partial charge in [0, 0.05) is 16.5 Å². The first-order valence-electron chi connectivity index (χ1n) is 8.52. The first-order chi connectivity index (χ1) is 13.1. The molecule has 0 unspecified atom stereocenters. The fourth-order valence-corrected chi connectivity index (χ4v) is 4.14. The number of nitrogens with zero attached hydrogens (tertiary/aromatic N) is 1. The highest BCUT2D eigenvalue weighted by Crippen LogP contribution is 2.37. The average Bonchev–Trinajstić information content (AvgIpc) is 3.02. The van der Waals surface area contributed by atoms with Crippen molar-refractivity contribution in [3.63, 3.8) is 0 Å². The maximum Gasteiger partial charge on any atom is 0.331 e. The Balaban J connectivity index is 1.56. The van der Waals surface area contributed by atoms with Crippen molar-refractivity contribution in [2.75, 3.05) is 11.9 Å². The van der Waals surface area contributed by atoms with Gasteiger partial charge in [0.25, 0.3) is 5.91 Å². The Morgan fingerprint density at radius 2 is 2.07 bits per heavy atom. The molecule has 0 saturated carbocycles. The van der Waals surface area contributed by atoms with Crippen molar-refractivity contribution in [2.45, 2.75) is 25.7 Å². The van der Waals surface area contributed by atoms with Gasteiger partial charge in [0.15, 0.2) is 6.61 Å². The Bertz CT molecular complexity index is 943. The van der Waals surface area contributed by atoms with E-state index in [-0.39, 0.29) is 5.56 Å². The molecule has 0 bridgehead atoms. The van der Waals surface area contributed by atoms with Crippen LogP contribution in [0.3, 0.4) is 0 Å². The molecule has 1 aliphatic carbocycles. The van der Waals surface area contributed by atoms with E-state index in [0.717, 1.165) is 42.2 Å². The Kier molecular flexibility index (Phi) is 5.99. The van der Waals surface area contributed by atoms with Crippen LogP contribution in [0.2, 0.25) is 0 Å². The van der Waals surface area contributed by atoms with Crippen LogP contribution < -0.4 is 5.32 Å². The van der Waals surface area contributed by atoms with Gasteiger partial charge in [-0.15, -0.1) is 11.3 Å². The van der Waals surface area contributed by atoms with Crippen LogP contribution in [0.25, 0.3) is 6.08 Å². The quantitative estimate of drug-likeness (QED) is 0.628. The predicted molar refractivity (Wildman–Crippen MR) is 101 cm³/mol. The number of carbonyl (C=O) groups is 2. The van der Waals surface area contributed by atoms with Crippen LogP contribution in [0.5, 0.6) is 0 Å². The number of hydrogen-bond acceptors (Lipinski definition) is 5. The fraction of sp³-hybridized carbons (Fsp3) is 0.250. The zero-order chi connectivity index (χ0) is 19.2. The van der Waals surface area contributed by atoms with E-state index in [1.807, 2.05) is 0 Å². The van der Waals surface area contributed by atoms with Gasteiger partial charge in [0.05, 0.1) is 5.56 Å². The number of nitriles is 1. The lowest BCUT2D eigenvalue weighted by Gasteiger charge is -2.09. The van der Waals surface area contributed by atoms with Gasteiger partial charge in [-0.25, -0.2) is 9.18 Å². The maximum atomic E-state index is 13.5. The molecule has 1 aromatic carbocycles. The van der Waals surface area contributed by atoms with Crippen LogP contribution >= 0.6 is 11.3 Å². The second kappa shape index (κ2) is 8.60. The molecule has 2 aromatic rings. The number of benzene rings is 1. The summed E-state index contributed by atoms with van der Waals surface area (Å²) in [5.74, 6) is -1.72. The summed E-state index contributed by atoms with van der Waals surface area (Å²) < 4.78 is 18.3. The summed E-state index contributed by atoms with van der Waals surface area (Å²) in [5.41, 5.74) is 1.78.